The Bertz CT molecular complexity index is 960. The zero-order valence-electron chi connectivity index (χ0n) is 13.7. The van der Waals surface area contributed by atoms with Crippen molar-refractivity contribution in [1.82, 2.24) is 15.1 Å². The predicted molar refractivity (Wildman–Crippen MR) is 93.8 cm³/mol. The Morgan fingerprint density at radius 3 is 2.58 bits per heavy atom. The summed E-state index contributed by atoms with van der Waals surface area (Å²) in [5.41, 5.74) is 2.65. The monoisotopic (exact) mass is 321 g/mol. The lowest BCUT2D eigenvalue weighted by molar-refractivity contribution is -0.122. The minimum atomic E-state index is -0.248. The van der Waals surface area contributed by atoms with Gasteiger partial charge in [-0.1, -0.05) is 48.0 Å². The van der Waals surface area contributed by atoms with Gasteiger partial charge in [-0.25, -0.2) is 4.68 Å². The molecule has 0 unspecified atom stereocenters. The number of nitrogens with one attached hydrogen (secondary N) is 1. The molecule has 1 N–H and O–H groups in total. The summed E-state index contributed by atoms with van der Waals surface area (Å²) in [4.78, 5) is 24.6. The summed E-state index contributed by atoms with van der Waals surface area (Å²) in [5, 5.41) is 8.48. The van der Waals surface area contributed by atoms with Crippen molar-refractivity contribution in [2.24, 2.45) is 0 Å². The Hall–Kier alpha value is -2.95. The smallest absolute Gasteiger partial charge is 0.275 e. The van der Waals surface area contributed by atoms with Crippen LogP contribution in [0.5, 0.6) is 0 Å². The number of amides is 1. The van der Waals surface area contributed by atoms with E-state index >= 15 is 0 Å². The molecule has 0 bridgehead atoms. The zero-order chi connectivity index (χ0) is 17.1. The summed E-state index contributed by atoms with van der Waals surface area (Å²) < 4.78 is 1.23. The van der Waals surface area contributed by atoms with Crippen LogP contribution < -0.4 is 10.9 Å². The highest BCUT2D eigenvalue weighted by Crippen LogP contribution is 2.11. The first-order chi connectivity index (χ1) is 11.5. The fourth-order valence-corrected chi connectivity index (χ4v) is 2.73. The van der Waals surface area contributed by atoms with Gasteiger partial charge in [-0.05, 0) is 25.5 Å². The van der Waals surface area contributed by atoms with Gasteiger partial charge >= 0.3 is 0 Å². The number of hydrogen-bond acceptors (Lipinski definition) is 3. The van der Waals surface area contributed by atoms with E-state index in [0.717, 1.165) is 22.2 Å². The van der Waals surface area contributed by atoms with Crippen LogP contribution in [0, 0.1) is 13.8 Å². The zero-order valence-corrected chi connectivity index (χ0v) is 13.7. The lowest BCUT2D eigenvalue weighted by Gasteiger charge is -2.09. The van der Waals surface area contributed by atoms with Gasteiger partial charge in [0.2, 0.25) is 5.91 Å². The quantitative estimate of drug-likeness (QED) is 0.802. The summed E-state index contributed by atoms with van der Waals surface area (Å²) >= 11 is 0. The molecule has 1 amide bonds. The summed E-state index contributed by atoms with van der Waals surface area (Å²) in [6.07, 6.45) is 0. The third kappa shape index (κ3) is 3.35. The second-order valence-corrected chi connectivity index (χ2v) is 5.86. The fraction of sp³-hybridized carbons (Fsp3) is 0.211. The molecule has 122 valence electrons. The van der Waals surface area contributed by atoms with Crippen LogP contribution in [0.2, 0.25) is 0 Å². The Morgan fingerprint density at radius 1 is 1.08 bits per heavy atom. The van der Waals surface area contributed by atoms with Crippen molar-refractivity contribution in [2.75, 3.05) is 0 Å². The standard InChI is InChI=1S/C19H19N3O2/c1-13-6-5-7-15(10-13)11-20-18(23)12-22-19(24)17-9-4-3-8-16(17)14(2)21-22/h3-10H,11-12H2,1-2H3,(H,20,23). The fourth-order valence-electron chi connectivity index (χ4n) is 2.73. The summed E-state index contributed by atoms with van der Waals surface area (Å²) in [5.74, 6) is -0.235. The van der Waals surface area contributed by atoms with Crippen molar-refractivity contribution in [1.29, 1.82) is 0 Å². The molecule has 0 atom stereocenters. The van der Waals surface area contributed by atoms with Crippen LogP contribution in [-0.2, 0) is 17.9 Å². The van der Waals surface area contributed by atoms with Crippen LogP contribution in [0.25, 0.3) is 10.8 Å². The first kappa shape index (κ1) is 15.9. The molecule has 2 aromatic carbocycles. The highest BCUT2D eigenvalue weighted by molar-refractivity contribution is 5.83. The molecule has 0 aliphatic rings. The van der Waals surface area contributed by atoms with E-state index in [1.54, 1.807) is 6.07 Å². The number of fused-ring (bicyclic) bond motifs is 1. The van der Waals surface area contributed by atoms with Gasteiger partial charge in [0.25, 0.3) is 5.56 Å². The van der Waals surface area contributed by atoms with Crippen LogP contribution in [0.3, 0.4) is 0 Å². The third-order valence-electron chi connectivity index (χ3n) is 3.92. The topological polar surface area (TPSA) is 64.0 Å². The molecule has 0 saturated carbocycles. The van der Waals surface area contributed by atoms with E-state index in [-0.39, 0.29) is 18.0 Å². The molecule has 3 rings (SSSR count). The normalized spacial score (nSPS) is 10.8. The van der Waals surface area contributed by atoms with Crippen LogP contribution in [0.4, 0.5) is 0 Å². The number of benzene rings is 2. The molecular weight excluding hydrogens is 302 g/mol. The van der Waals surface area contributed by atoms with Gasteiger partial charge < -0.3 is 5.32 Å². The maximum Gasteiger partial charge on any atom is 0.275 e. The average molecular weight is 321 g/mol. The van der Waals surface area contributed by atoms with Gasteiger partial charge in [0, 0.05) is 11.9 Å². The Balaban J connectivity index is 1.76. The number of carbonyl (C=O) groups excluding carboxylic acids is 1. The maximum absolute atomic E-state index is 12.5. The SMILES string of the molecule is Cc1cccc(CNC(=O)Cn2nc(C)c3ccccc3c2=O)c1. The molecule has 1 heterocycles. The first-order valence-electron chi connectivity index (χ1n) is 7.83. The van der Waals surface area contributed by atoms with Gasteiger partial charge in [0.05, 0.1) is 11.1 Å². The summed E-state index contributed by atoms with van der Waals surface area (Å²) in [6, 6.07) is 15.2. The minimum Gasteiger partial charge on any atom is -0.350 e. The number of hydrogen-bond donors (Lipinski definition) is 1. The predicted octanol–water partition coefficient (Wildman–Crippen LogP) is 2.33. The highest BCUT2D eigenvalue weighted by atomic mass is 16.2. The van der Waals surface area contributed by atoms with E-state index in [9.17, 15) is 9.59 Å². The maximum atomic E-state index is 12.5. The molecule has 0 fully saturated rings. The van der Waals surface area contributed by atoms with E-state index in [1.807, 2.05) is 56.3 Å². The molecule has 0 radical (unpaired) electrons. The second-order valence-electron chi connectivity index (χ2n) is 5.86. The number of aryl methyl sites for hydroxylation is 2. The largest absolute Gasteiger partial charge is 0.350 e. The van der Waals surface area contributed by atoms with Crippen molar-refractivity contribution >= 4 is 16.7 Å². The lowest BCUT2D eigenvalue weighted by atomic mass is 10.1. The Morgan fingerprint density at radius 2 is 1.83 bits per heavy atom. The molecule has 0 saturated heterocycles. The first-order valence-corrected chi connectivity index (χ1v) is 7.83. The highest BCUT2D eigenvalue weighted by Gasteiger charge is 2.10. The van der Waals surface area contributed by atoms with Gasteiger partial charge in [-0.3, -0.25) is 9.59 Å². The van der Waals surface area contributed by atoms with Crippen LogP contribution in [0.1, 0.15) is 16.8 Å². The molecule has 0 spiro atoms. The van der Waals surface area contributed by atoms with E-state index in [2.05, 4.69) is 10.4 Å². The van der Waals surface area contributed by atoms with E-state index in [0.29, 0.717) is 11.9 Å². The molecule has 1 aromatic heterocycles. The summed E-state index contributed by atoms with van der Waals surface area (Å²) in [7, 11) is 0. The molecule has 0 aliphatic carbocycles. The van der Waals surface area contributed by atoms with E-state index < -0.39 is 0 Å². The van der Waals surface area contributed by atoms with E-state index in [4.69, 9.17) is 0 Å². The number of nitrogens with zero attached hydrogens (tertiary/aromatic N) is 2. The van der Waals surface area contributed by atoms with Gasteiger partial charge in [-0.15, -0.1) is 0 Å². The van der Waals surface area contributed by atoms with Crippen LogP contribution in [-0.4, -0.2) is 15.7 Å². The third-order valence-corrected chi connectivity index (χ3v) is 3.92. The van der Waals surface area contributed by atoms with Gasteiger partial charge in [0.1, 0.15) is 6.54 Å². The molecular formula is C19H19N3O2. The Kier molecular flexibility index (Phi) is 4.42. The lowest BCUT2D eigenvalue weighted by Crippen LogP contribution is -2.33. The van der Waals surface area contributed by atoms with Gasteiger partial charge in [-0.2, -0.15) is 5.10 Å². The van der Waals surface area contributed by atoms with Crippen LogP contribution >= 0.6 is 0 Å². The van der Waals surface area contributed by atoms with Crippen molar-refractivity contribution < 1.29 is 4.79 Å². The molecule has 24 heavy (non-hydrogen) atoms. The van der Waals surface area contributed by atoms with Gasteiger partial charge in [0.15, 0.2) is 0 Å². The molecule has 5 nitrogen and oxygen atoms in total. The molecule has 5 heteroatoms. The van der Waals surface area contributed by atoms with Crippen molar-refractivity contribution in [2.45, 2.75) is 26.9 Å². The summed E-state index contributed by atoms with van der Waals surface area (Å²) in [6.45, 7) is 4.19. The van der Waals surface area contributed by atoms with Crippen molar-refractivity contribution in [3.8, 4) is 0 Å². The minimum absolute atomic E-state index is 0.0870. The number of aromatic nitrogens is 2. The average Bonchev–Trinajstić information content (AvgIpc) is 2.58. The molecule has 0 aliphatic heterocycles. The molecule has 3 aromatic rings. The van der Waals surface area contributed by atoms with Crippen molar-refractivity contribution in [3.63, 3.8) is 0 Å². The van der Waals surface area contributed by atoms with Crippen molar-refractivity contribution in [3.05, 3.63) is 75.7 Å². The van der Waals surface area contributed by atoms with Crippen LogP contribution in [0.15, 0.2) is 53.3 Å². The van der Waals surface area contributed by atoms with E-state index in [1.165, 1.54) is 4.68 Å². The second kappa shape index (κ2) is 6.66. The number of rotatable bonds is 4. The Labute approximate surface area is 139 Å². The number of carbonyl (C=O) groups is 1.